The predicted molar refractivity (Wildman–Crippen MR) is 141 cm³/mol. The van der Waals surface area contributed by atoms with Gasteiger partial charge in [-0.2, -0.15) is 0 Å². The summed E-state index contributed by atoms with van der Waals surface area (Å²) in [5.74, 6) is -1.56. The minimum absolute atomic E-state index is 0.000715. The summed E-state index contributed by atoms with van der Waals surface area (Å²) in [6, 6.07) is 2.04. The van der Waals surface area contributed by atoms with E-state index >= 15 is 0 Å². The summed E-state index contributed by atoms with van der Waals surface area (Å²) in [7, 11) is -4.51. The molecule has 3 N–H and O–H groups in total. The van der Waals surface area contributed by atoms with Gasteiger partial charge in [0.15, 0.2) is 0 Å². The van der Waals surface area contributed by atoms with Crippen molar-refractivity contribution < 1.29 is 33.6 Å². The topological polar surface area (TPSA) is 122 Å². The average molecular weight is 522 g/mol. The van der Waals surface area contributed by atoms with Gasteiger partial charge in [0.2, 0.25) is 0 Å². The van der Waals surface area contributed by atoms with Gasteiger partial charge in [0.25, 0.3) is 0 Å². The molecular weight excluding hydrogens is 481 g/mol. The third kappa shape index (κ3) is 7.47. The van der Waals surface area contributed by atoms with E-state index in [-0.39, 0.29) is 29.9 Å². The number of ether oxygens (including phenoxy) is 1. The molecule has 0 saturated heterocycles. The van der Waals surface area contributed by atoms with Gasteiger partial charge in [-0.25, -0.2) is 14.4 Å². The van der Waals surface area contributed by atoms with Gasteiger partial charge >= 0.3 is 19.2 Å². The highest BCUT2D eigenvalue weighted by Gasteiger charge is 2.41. The van der Waals surface area contributed by atoms with Gasteiger partial charge < -0.3 is 19.5 Å². The van der Waals surface area contributed by atoms with Crippen LogP contribution in [0.2, 0.25) is 0 Å². The number of carbonyl (C=O) groups excluding carboxylic acids is 1. The van der Waals surface area contributed by atoms with Crippen LogP contribution in [-0.2, 0) is 20.5 Å². The van der Waals surface area contributed by atoms with Crippen molar-refractivity contribution in [1.29, 1.82) is 0 Å². The molecule has 0 heterocycles. The van der Waals surface area contributed by atoms with Gasteiger partial charge in [-0.1, -0.05) is 43.6 Å². The second kappa shape index (κ2) is 13.1. The third-order valence-corrected chi connectivity index (χ3v) is 8.22. The van der Waals surface area contributed by atoms with Gasteiger partial charge in [-0.15, -0.1) is 0 Å². The fraction of sp³-hybridized carbons (Fsp3) is 0.556. The van der Waals surface area contributed by atoms with Crippen molar-refractivity contribution in [2.24, 2.45) is 5.92 Å². The average Bonchev–Trinajstić information content (AvgIpc) is 2.78. The highest BCUT2D eigenvalue weighted by Crippen LogP contribution is 2.52. The zero-order valence-electron chi connectivity index (χ0n) is 22.0. The maximum absolute atomic E-state index is 13.8. The molecule has 0 saturated carbocycles. The standard InChI is InChI=1S/C27H40NO7P/c1-7-9-10-11-20-15-23(29)25(22-14-18(5)12-13-21(22)17(3)4)24(16-20)35-36(33,27(32)34-8-2)28-19(6)26(30)31/h14-16,19,21-22,29H,3,7-13H2,1-2,4-6H3,(H,28,33)(H,30,31)/t19-,21-,22+,36?/m0/s1. The van der Waals surface area contributed by atoms with E-state index in [1.165, 1.54) is 6.92 Å². The fourth-order valence-electron chi connectivity index (χ4n) is 4.48. The lowest BCUT2D eigenvalue weighted by Gasteiger charge is -2.33. The number of rotatable bonds is 13. The number of benzene rings is 1. The Kier molecular flexibility index (Phi) is 10.8. The van der Waals surface area contributed by atoms with Gasteiger partial charge in [-0.05, 0) is 77.0 Å². The predicted octanol–water partition coefficient (Wildman–Crippen LogP) is 6.93. The summed E-state index contributed by atoms with van der Waals surface area (Å²) in [4.78, 5) is 24.3. The molecule has 1 aliphatic carbocycles. The number of unbranched alkanes of at least 4 members (excludes halogenated alkanes) is 2. The molecule has 1 aliphatic rings. The molecular formula is C27H40NO7P. The molecule has 0 spiro atoms. The molecule has 4 atom stereocenters. The Morgan fingerprint density at radius 1 is 1.28 bits per heavy atom. The zero-order chi connectivity index (χ0) is 27.0. The zero-order valence-corrected chi connectivity index (χ0v) is 22.9. The summed E-state index contributed by atoms with van der Waals surface area (Å²) in [6.07, 6.45) is 7.32. The molecule has 0 aromatic heterocycles. The fourth-order valence-corrected chi connectivity index (χ4v) is 6.06. The highest BCUT2D eigenvalue weighted by atomic mass is 31.2. The smallest absolute Gasteiger partial charge is 0.424 e. The van der Waals surface area contributed by atoms with Crippen LogP contribution in [0.3, 0.4) is 0 Å². The molecule has 36 heavy (non-hydrogen) atoms. The maximum atomic E-state index is 13.8. The Balaban J connectivity index is 2.68. The lowest BCUT2D eigenvalue weighted by Crippen LogP contribution is -2.35. The molecule has 8 nitrogen and oxygen atoms in total. The number of phenolic OH excluding ortho intramolecular Hbond substituents is 1. The molecule has 1 aromatic rings. The largest absolute Gasteiger partial charge is 0.507 e. The van der Waals surface area contributed by atoms with Crippen LogP contribution in [0, 0.1) is 5.92 Å². The normalized spacial score (nSPS) is 20.1. The highest BCUT2D eigenvalue weighted by molar-refractivity contribution is 7.74. The number of aryl methyl sites for hydroxylation is 1. The summed E-state index contributed by atoms with van der Waals surface area (Å²) in [5.41, 5.74) is 2.07. The van der Waals surface area contributed by atoms with Crippen LogP contribution >= 0.6 is 7.52 Å². The Bertz CT molecular complexity index is 1050. The van der Waals surface area contributed by atoms with Gasteiger partial charge in [0.1, 0.15) is 17.5 Å². The molecule has 0 aliphatic heterocycles. The molecule has 0 radical (unpaired) electrons. The molecule has 1 aromatic carbocycles. The van der Waals surface area contributed by atoms with Crippen molar-refractivity contribution in [2.75, 3.05) is 6.61 Å². The van der Waals surface area contributed by atoms with Crippen LogP contribution in [-0.4, -0.2) is 34.5 Å². The van der Waals surface area contributed by atoms with E-state index in [2.05, 4.69) is 18.6 Å². The first-order valence-corrected chi connectivity index (χ1v) is 14.2. The van der Waals surface area contributed by atoms with Crippen molar-refractivity contribution in [3.63, 3.8) is 0 Å². The Morgan fingerprint density at radius 2 is 1.97 bits per heavy atom. The van der Waals surface area contributed by atoms with Gasteiger partial charge in [0.05, 0.1) is 6.61 Å². The number of hydrogen-bond donors (Lipinski definition) is 3. The van der Waals surface area contributed by atoms with Crippen LogP contribution in [0.5, 0.6) is 11.5 Å². The molecule has 2 rings (SSSR count). The van der Waals surface area contributed by atoms with Crippen molar-refractivity contribution in [2.45, 2.75) is 85.1 Å². The number of phenols is 1. The Labute approximate surface area is 214 Å². The summed E-state index contributed by atoms with van der Waals surface area (Å²) in [6.45, 7) is 12.9. The molecule has 9 heteroatoms. The maximum Gasteiger partial charge on any atom is 0.424 e. The molecule has 0 bridgehead atoms. The number of hydrogen-bond acceptors (Lipinski definition) is 6. The molecule has 0 amide bonds. The first-order valence-electron chi connectivity index (χ1n) is 12.6. The van der Waals surface area contributed by atoms with Crippen molar-refractivity contribution in [3.8, 4) is 11.5 Å². The van der Waals surface area contributed by atoms with Crippen molar-refractivity contribution >= 4 is 19.2 Å². The third-order valence-electron chi connectivity index (χ3n) is 6.43. The van der Waals surface area contributed by atoms with E-state index in [4.69, 9.17) is 9.26 Å². The molecule has 0 fully saturated rings. The lowest BCUT2D eigenvalue weighted by molar-refractivity contribution is -0.138. The summed E-state index contributed by atoms with van der Waals surface area (Å²) < 4.78 is 24.7. The lowest BCUT2D eigenvalue weighted by atomic mass is 9.73. The van der Waals surface area contributed by atoms with E-state index in [0.29, 0.717) is 12.0 Å². The molecule has 1 unspecified atom stereocenters. The van der Waals surface area contributed by atoms with E-state index < -0.39 is 25.2 Å². The first kappa shape index (κ1) is 29.7. The number of aliphatic carboxylic acids is 1. The van der Waals surface area contributed by atoms with E-state index in [0.717, 1.165) is 48.8 Å². The second-order valence-corrected chi connectivity index (χ2v) is 11.5. The second-order valence-electron chi connectivity index (χ2n) is 9.54. The number of allylic oxidation sites excluding steroid dienone is 3. The van der Waals surface area contributed by atoms with E-state index in [1.807, 2.05) is 19.9 Å². The van der Waals surface area contributed by atoms with Crippen LogP contribution in [0.25, 0.3) is 0 Å². The van der Waals surface area contributed by atoms with Crippen LogP contribution in [0.15, 0.2) is 35.9 Å². The number of nitrogens with one attached hydrogen (secondary N) is 1. The number of carboxylic acid groups (broad SMARTS) is 1. The summed E-state index contributed by atoms with van der Waals surface area (Å²) in [5, 5.41) is 22.9. The summed E-state index contributed by atoms with van der Waals surface area (Å²) >= 11 is 0. The quantitative estimate of drug-likeness (QED) is 0.145. The monoisotopic (exact) mass is 521 g/mol. The number of aromatic hydroxyl groups is 1. The van der Waals surface area contributed by atoms with E-state index in [1.54, 1.807) is 19.1 Å². The van der Waals surface area contributed by atoms with Gasteiger partial charge in [0, 0.05) is 11.5 Å². The van der Waals surface area contributed by atoms with Crippen LogP contribution in [0.4, 0.5) is 4.79 Å². The minimum Gasteiger partial charge on any atom is -0.507 e. The van der Waals surface area contributed by atoms with Crippen LogP contribution in [0.1, 0.15) is 83.8 Å². The van der Waals surface area contributed by atoms with Gasteiger partial charge in [-0.3, -0.25) is 4.79 Å². The Morgan fingerprint density at radius 3 is 2.56 bits per heavy atom. The molecule has 200 valence electrons. The number of carbonyl (C=O) groups is 2. The van der Waals surface area contributed by atoms with Crippen molar-refractivity contribution in [3.05, 3.63) is 47.1 Å². The number of carboxylic acids is 1. The van der Waals surface area contributed by atoms with Crippen LogP contribution < -0.4 is 9.61 Å². The van der Waals surface area contributed by atoms with Crippen molar-refractivity contribution in [1.82, 2.24) is 5.09 Å². The van der Waals surface area contributed by atoms with E-state index in [9.17, 15) is 24.4 Å². The Hall–Kier alpha value is -2.57. The first-order chi connectivity index (χ1) is 16.9. The minimum atomic E-state index is -4.51. The SMILES string of the molecule is C=C(C)[C@@H]1CCC(C)=C[C@H]1c1c(O)cc(CCCCC)cc1OP(=O)(N[C@@H](C)C(=O)O)C(=O)OCC.